The van der Waals surface area contributed by atoms with Crippen LogP contribution in [0.25, 0.3) is 0 Å². The Morgan fingerprint density at radius 3 is 2.80 bits per heavy atom. The average Bonchev–Trinajstić information content (AvgIpc) is 3.12. The van der Waals surface area contributed by atoms with Crippen LogP contribution in [0.5, 0.6) is 0 Å². The van der Waals surface area contributed by atoms with Crippen LogP contribution in [0.1, 0.15) is 28.1 Å². The lowest BCUT2D eigenvalue weighted by Crippen LogP contribution is -2.32. The fourth-order valence-corrected chi connectivity index (χ4v) is 3.29. The van der Waals surface area contributed by atoms with Crippen molar-refractivity contribution in [3.8, 4) is 0 Å². The quantitative estimate of drug-likeness (QED) is 0.850. The van der Waals surface area contributed by atoms with Gasteiger partial charge in [0.15, 0.2) is 0 Å². The number of nitrogens with two attached hydrogens (primary N) is 1. The van der Waals surface area contributed by atoms with Gasteiger partial charge in [-0.25, -0.2) is 0 Å². The molecule has 1 aliphatic carbocycles. The van der Waals surface area contributed by atoms with Gasteiger partial charge in [-0.1, -0.05) is 22.0 Å². The molecule has 0 radical (unpaired) electrons. The minimum Gasteiger partial charge on any atom is -0.398 e. The van der Waals surface area contributed by atoms with Crippen molar-refractivity contribution in [2.75, 3.05) is 5.73 Å². The Hall–Kier alpha value is -1.33. The van der Waals surface area contributed by atoms with Gasteiger partial charge < -0.3 is 10.6 Å². The van der Waals surface area contributed by atoms with Gasteiger partial charge in [-0.05, 0) is 42.5 Å². The van der Waals surface area contributed by atoms with Crippen LogP contribution in [0.15, 0.2) is 40.2 Å². The SMILES string of the molecule is Nc1cc(Br)ccc1C(=O)N(Cc1cccs1)C1CC1. The Morgan fingerprint density at radius 1 is 1.40 bits per heavy atom. The molecular formula is C15H15BrN2OS. The molecule has 20 heavy (non-hydrogen) atoms. The van der Waals surface area contributed by atoms with E-state index in [1.807, 2.05) is 22.4 Å². The van der Waals surface area contributed by atoms with E-state index in [1.54, 1.807) is 23.5 Å². The van der Waals surface area contributed by atoms with E-state index in [-0.39, 0.29) is 5.91 Å². The first-order valence-electron chi connectivity index (χ1n) is 6.53. The molecule has 2 N–H and O–H groups in total. The summed E-state index contributed by atoms with van der Waals surface area (Å²) in [4.78, 5) is 15.9. The number of carbonyl (C=O) groups excluding carboxylic acids is 1. The second-order valence-electron chi connectivity index (χ2n) is 4.98. The largest absolute Gasteiger partial charge is 0.398 e. The third-order valence-electron chi connectivity index (χ3n) is 3.40. The molecule has 3 nitrogen and oxygen atoms in total. The summed E-state index contributed by atoms with van der Waals surface area (Å²) < 4.78 is 0.891. The van der Waals surface area contributed by atoms with Crippen LogP contribution in [-0.2, 0) is 6.54 Å². The molecule has 0 atom stereocenters. The summed E-state index contributed by atoms with van der Waals surface area (Å²) in [6.07, 6.45) is 2.18. The number of carbonyl (C=O) groups is 1. The second kappa shape index (κ2) is 5.58. The average molecular weight is 351 g/mol. The fourth-order valence-electron chi connectivity index (χ4n) is 2.21. The molecule has 1 heterocycles. The lowest BCUT2D eigenvalue weighted by molar-refractivity contribution is 0.0733. The van der Waals surface area contributed by atoms with Gasteiger partial charge in [0.05, 0.1) is 12.1 Å². The molecule has 5 heteroatoms. The van der Waals surface area contributed by atoms with Crippen LogP contribution in [0, 0.1) is 0 Å². The molecule has 1 saturated carbocycles. The number of anilines is 1. The summed E-state index contributed by atoms with van der Waals surface area (Å²) in [7, 11) is 0. The summed E-state index contributed by atoms with van der Waals surface area (Å²) >= 11 is 5.05. The van der Waals surface area contributed by atoms with Gasteiger partial charge >= 0.3 is 0 Å². The van der Waals surface area contributed by atoms with E-state index in [4.69, 9.17) is 5.73 Å². The Kier molecular flexibility index (Phi) is 3.81. The number of benzene rings is 1. The van der Waals surface area contributed by atoms with E-state index in [0.29, 0.717) is 23.8 Å². The Balaban J connectivity index is 1.85. The van der Waals surface area contributed by atoms with Crippen LogP contribution < -0.4 is 5.73 Å². The second-order valence-corrected chi connectivity index (χ2v) is 6.92. The van der Waals surface area contributed by atoms with Crippen molar-refractivity contribution in [3.05, 3.63) is 50.6 Å². The van der Waals surface area contributed by atoms with Crippen molar-refractivity contribution in [1.82, 2.24) is 4.90 Å². The molecule has 0 spiro atoms. The molecule has 3 rings (SSSR count). The van der Waals surface area contributed by atoms with Gasteiger partial charge in [0, 0.05) is 21.1 Å². The van der Waals surface area contributed by atoms with Gasteiger partial charge in [0.25, 0.3) is 5.91 Å². The summed E-state index contributed by atoms with van der Waals surface area (Å²) in [5, 5.41) is 2.04. The summed E-state index contributed by atoms with van der Waals surface area (Å²) in [6.45, 7) is 0.677. The Bertz CT molecular complexity index is 623. The first-order chi connectivity index (χ1) is 9.65. The van der Waals surface area contributed by atoms with Crippen molar-refractivity contribution in [2.45, 2.75) is 25.4 Å². The molecule has 0 saturated heterocycles. The van der Waals surface area contributed by atoms with Crippen LogP contribution in [-0.4, -0.2) is 16.8 Å². The third-order valence-corrected chi connectivity index (χ3v) is 4.75. The predicted molar refractivity (Wildman–Crippen MR) is 85.8 cm³/mol. The molecule has 104 valence electrons. The zero-order valence-electron chi connectivity index (χ0n) is 10.9. The van der Waals surface area contributed by atoms with Crippen molar-refractivity contribution >= 4 is 38.9 Å². The molecular weight excluding hydrogens is 336 g/mol. The molecule has 0 unspecified atom stereocenters. The summed E-state index contributed by atoms with van der Waals surface area (Å²) in [5.74, 6) is 0.0332. The van der Waals surface area contributed by atoms with Gasteiger partial charge in [-0.15, -0.1) is 11.3 Å². The van der Waals surface area contributed by atoms with Gasteiger partial charge in [0.2, 0.25) is 0 Å². The van der Waals surface area contributed by atoms with E-state index < -0.39 is 0 Å². The van der Waals surface area contributed by atoms with Crippen LogP contribution in [0.2, 0.25) is 0 Å². The Labute approximate surface area is 130 Å². The van der Waals surface area contributed by atoms with E-state index in [0.717, 1.165) is 17.3 Å². The zero-order valence-corrected chi connectivity index (χ0v) is 13.3. The monoisotopic (exact) mass is 350 g/mol. The smallest absolute Gasteiger partial charge is 0.256 e. The van der Waals surface area contributed by atoms with Crippen molar-refractivity contribution in [3.63, 3.8) is 0 Å². The first kappa shape index (κ1) is 13.6. The highest BCUT2D eigenvalue weighted by atomic mass is 79.9. The third kappa shape index (κ3) is 2.88. The number of thiophene rings is 1. The molecule has 0 aliphatic heterocycles. The highest BCUT2D eigenvalue weighted by molar-refractivity contribution is 9.10. The summed E-state index contributed by atoms with van der Waals surface area (Å²) in [5.41, 5.74) is 7.10. The number of amides is 1. The highest BCUT2D eigenvalue weighted by Crippen LogP contribution is 2.32. The van der Waals surface area contributed by atoms with Crippen molar-refractivity contribution in [2.24, 2.45) is 0 Å². The first-order valence-corrected chi connectivity index (χ1v) is 8.21. The minimum absolute atomic E-state index is 0.0332. The standard InChI is InChI=1S/C15H15BrN2OS/c16-10-3-6-13(14(17)8-10)15(19)18(11-4-5-11)9-12-2-1-7-20-12/h1-3,6-8,11H,4-5,9,17H2. The van der Waals surface area contributed by atoms with E-state index in [2.05, 4.69) is 22.0 Å². The number of nitrogens with zero attached hydrogens (tertiary/aromatic N) is 1. The highest BCUT2D eigenvalue weighted by Gasteiger charge is 2.33. The van der Waals surface area contributed by atoms with Crippen LogP contribution >= 0.6 is 27.3 Å². The normalized spacial score (nSPS) is 14.2. The van der Waals surface area contributed by atoms with Crippen LogP contribution in [0.4, 0.5) is 5.69 Å². The number of hydrogen-bond acceptors (Lipinski definition) is 3. The molecule has 0 bridgehead atoms. The minimum atomic E-state index is 0.0332. The lowest BCUT2D eigenvalue weighted by atomic mass is 10.1. The van der Waals surface area contributed by atoms with E-state index in [1.165, 1.54) is 4.88 Å². The predicted octanol–water partition coefficient (Wildman–Crippen LogP) is 3.90. The Morgan fingerprint density at radius 2 is 2.20 bits per heavy atom. The molecule has 1 aliphatic rings. The maximum Gasteiger partial charge on any atom is 0.256 e. The van der Waals surface area contributed by atoms with Crippen LogP contribution in [0.3, 0.4) is 0 Å². The molecule has 1 amide bonds. The number of rotatable bonds is 4. The van der Waals surface area contributed by atoms with Crippen molar-refractivity contribution in [1.29, 1.82) is 0 Å². The molecule has 1 fully saturated rings. The number of hydrogen-bond donors (Lipinski definition) is 1. The molecule has 2 aromatic rings. The van der Waals surface area contributed by atoms with Gasteiger partial charge in [0.1, 0.15) is 0 Å². The maximum absolute atomic E-state index is 12.7. The number of nitrogen functional groups attached to an aromatic ring is 1. The number of halogens is 1. The van der Waals surface area contributed by atoms with Gasteiger partial charge in [-0.2, -0.15) is 0 Å². The van der Waals surface area contributed by atoms with Gasteiger partial charge in [-0.3, -0.25) is 4.79 Å². The molecule has 1 aromatic heterocycles. The summed E-state index contributed by atoms with van der Waals surface area (Å²) in [6, 6.07) is 9.89. The lowest BCUT2D eigenvalue weighted by Gasteiger charge is -2.22. The molecule has 1 aromatic carbocycles. The maximum atomic E-state index is 12.7. The topological polar surface area (TPSA) is 46.3 Å². The fraction of sp³-hybridized carbons (Fsp3) is 0.267. The zero-order chi connectivity index (χ0) is 14.1. The van der Waals surface area contributed by atoms with Crippen molar-refractivity contribution < 1.29 is 4.79 Å². The van der Waals surface area contributed by atoms with E-state index in [9.17, 15) is 4.79 Å². The van der Waals surface area contributed by atoms with E-state index >= 15 is 0 Å².